The van der Waals surface area contributed by atoms with Crippen molar-refractivity contribution >= 4 is 0 Å². The Balaban J connectivity index is 0.934. The highest BCUT2D eigenvalue weighted by Crippen LogP contribution is 2.89. The monoisotopic (exact) mass is 721 g/mol. The topological polar surface area (TPSA) is 0 Å². The molecule has 19 aliphatic rings. The van der Waals surface area contributed by atoms with Crippen LogP contribution in [0.3, 0.4) is 0 Å². The Kier molecular flexibility index (Phi) is 4.89. The first-order valence-corrected chi connectivity index (χ1v) is 26.8. The van der Waals surface area contributed by atoms with Crippen LogP contribution in [-0.4, -0.2) is 0 Å². The van der Waals surface area contributed by atoms with Crippen molar-refractivity contribution in [2.45, 2.75) is 116 Å². The largest absolute Gasteiger partial charge is 0.0499 e. The quantitative estimate of drug-likeness (QED) is 0.234. The molecule has 0 aromatic carbocycles. The Hall–Kier alpha value is 0. The van der Waals surface area contributed by atoms with Crippen LogP contribution >= 0.6 is 0 Å². The van der Waals surface area contributed by atoms with E-state index in [0.29, 0.717) is 0 Å². The van der Waals surface area contributed by atoms with Gasteiger partial charge in [0.25, 0.3) is 0 Å². The summed E-state index contributed by atoms with van der Waals surface area (Å²) in [6.45, 7) is 0. The maximum Gasteiger partial charge on any atom is -0.0312 e. The summed E-state index contributed by atoms with van der Waals surface area (Å²) in [6, 6.07) is 0. The molecule has 288 valence electrons. The number of hydrogen-bond donors (Lipinski definition) is 0. The zero-order chi connectivity index (χ0) is 33.5. The Morgan fingerprint density at radius 1 is 0.111 bits per heavy atom. The first kappa shape index (κ1) is 29.3. The van der Waals surface area contributed by atoms with E-state index >= 15 is 0 Å². The predicted molar refractivity (Wildman–Crippen MR) is 209 cm³/mol. The summed E-state index contributed by atoms with van der Waals surface area (Å²) in [6.07, 6.45) is 31.0. The Morgan fingerprint density at radius 3 is 0.315 bits per heavy atom. The minimum Gasteiger partial charge on any atom is -0.0499 e. The average Bonchev–Trinajstić information content (AvgIpc) is 3.21. The van der Waals surface area contributed by atoms with Crippen LogP contribution in [0.25, 0.3) is 0 Å². The molecule has 0 heterocycles. The van der Waals surface area contributed by atoms with E-state index in [1.165, 1.54) is 213 Å². The normalized spacial score (nSPS) is 80.0. The fraction of sp³-hybridized carbons (Fsp3) is 1.00. The second-order valence-corrected chi connectivity index (χ2v) is 27.9. The summed E-state index contributed by atoms with van der Waals surface area (Å²) in [5.74, 6) is 44.0. The standard InChI is InChI=1S/C54H72/c1-2-20-14-22-5-6-24-16-26-9-11-29-18-30-12-10-28-17-27-8-7-25-15-23-4-3-21-13-19(1)31-32(20)44-34(22)36(24)46-39(26)41(29)48-42(30)40(28)47-38(27)37(25)45-35(23)33(21)43(31)49-50(44)52(46)54(48)53(47)51(45)49/h19-54H,1-18H2/t19-,20+,21+,22-,23-,24+,25+,26-,27-,28+,29+,30-,31+,32-,33-,34+,35+,36-,37-,38+,39+,40-,41-,42+,43?,44?,45?,46?,47?,48?,49?,50?,51?,52?,53?,54?. The van der Waals surface area contributed by atoms with E-state index < -0.39 is 0 Å². The van der Waals surface area contributed by atoms with Crippen molar-refractivity contribution < 1.29 is 0 Å². The summed E-state index contributed by atoms with van der Waals surface area (Å²) < 4.78 is 0. The zero-order valence-electron chi connectivity index (χ0n) is 33.5. The number of rotatable bonds is 0. The van der Waals surface area contributed by atoms with Crippen LogP contribution < -0.4 is 0 Å². The minimum atomic E-state index is 1.18. The van der Waals surface area contributed by atoms with Crippen molar-refractivity contribution in [2.75, 3.05) is 0 Å². The summed E-state index contributed by atoms with van der Waals surface area (Å²) >= 11 is 0. The van der Waals surface area contributed by atoms with Crippen LogP contribution in [0, 0.1) is 213 Å². The molecule has 0 amide bonds. The Morgan fingerprint density at radius 2 is 0.204 bits per heavy atom. The molecule has 0 aliphatic heterocycles. The van der Waals surface area contributed by atoms with Crippen molar-refractivity contribution in [3.05, 3.63) is 0 Å². The van der Waals surface area contributed by atoms with Crippen LogP contribution in [0.5, 0.6) is 0 Å². The third-order valence-corrected chi connectivity index (χ3v) is 28.9. The lowest BCUT2D eigenvalue weighted by Gasteiger charge is -2.87. The molecule has 0 heteroatoms. The molecule has 19 rings (SSSR count). The van der Waals surface area contributed by atoms with E-state index in [4.69, 9.17) is 0 Å². The second kappa shape index (κ2) is 9.03. The lowest BCUT2D eigenvalue weighted by Crippen LogP contribution is -2.83. The van der Waals surface area contributed by atoms with E-state index in [9.17, 15) is 0 Å². The van der Waals surface area contributed by atoms with E-state index in [0.717, 1.165) is 0 Å². The van der Waals surface area contributed by atoms with Crippen molar-refractivity contribution in [2.24, 2.45) is 213 Å². The lowest BCUT2D eigenvalue weighted by molar-refractivity contribution is -0.401. The van der Waals surface area contributed by atoms with E-state index in [-0.39, 0.29) is 0 Å². The van der Waals surface area contributed by atoms with E-state index in [1.807, 2.05) is 0 Å². The molecular weight excluding hydrogens is 649 g/mol. The van der Waals surface area contributed by atoms with Gasteiger partial charge in [0.2, 0.25) is 0 Å². The highest BCUT2D eigenvalue weighted by molar-refractivity contribution is 5.32. The fourth-order valence-corrected chi connectivity index (χ4v) is 30.4. The predicted octanol–water partition coefficient (Wildman–Crippen LogP) is 11.4. The molecule has 0 bridgehead atoms. The Bertz CT molecular complexity index is 1320. The molecule has 0 N–H and O–H groups in total. The number of hydrogen-bond acceptors (Lipinski definition) is 0. The van der Waals surface area contributed by atoms with Crippen molar-refractivity contribution in [3.8, 4) is 0 Å². The van der Waals surface area contributed by atoms with Crippen molar-refractivity contribution in [1.29, 1.82) is 0 Å². The van der Waals surface area contributed by atoms with Gasteiger partial charge in [-0.3, -0.25) is 0 Å². The van der Waals surface area contributed by atoms with Gasteiger partial charge in [0, 0.05) is 0 Å². The first-order valence-electron chi connectivity index (χ1n) is 26.8. The summed E-state index contributed by atoms with van der Waals surface area (Å²) in [7, 11) is 0. The van der Waals surface area contributed by atoms with Gasteiger partial charge in [0.1, 0.15) is 0 Å². The van der Waals surface area contributed by atoms with Crippen LogP contribution in [0.2, 0.25) is 0 Å². The van der Waals surface area contributed by atoms with Crippen LogP contribution in [-0.2, 0) is 0 Å². The van der Waals surface area contributed by atoms with Gasteiger partial charge in [-0.2, -0.15) is 0 Å². The van der Waals surface area contributed by atoms with Gasteiger partial charge in [-0.25, -0.2) is 0 Å². The molecule has 6 unspecified atom stereocenters. The third kappa shape index (κ3) is 2.74. The molecule has 19 fully saturated rings. The molecule has 0 spiro atoms. The molecule has 19 saturated carbocycles. The zero-order valence-corrected chi connectivity index (χ0v) is 33.5. The fourth-order valence-electron chi connectivity index (χ4n) is 30.4. The van der Waals surface area contributed by atoms with Gasteiger partial charge in [-0.05, 0) is 329 Å². The third-order valence-electron chi connectivity index (χ3n) is 28.9. The Labute approximate surface area is 327 Å². The average molecular weight is 721 g/mol. The van der Waals surface area contributed by atoms with Gasteiger partial charge in [0.05, 0.1) is 0 Å². The van der Waals surface area contributed by atoms with Gasteiger partial charge in [-0.15, -0.1) is 0 Å². The highest BCUT2D eigenvalue weighted by atomic mass is 14.9. The van der Waals surface area contributed by atoms with E-state index in [2.05, 4.69) is 0 Å². The lowest BCUT2D eigenvalue weighted by atomic mass is 9.17. The molecule has 0 saturated heterocycles. The molecule has 0 radical (unpaired) electrons. The van der Waals surface area contributed by atoms with Crippen molar-refractivity contribution in [1.82, 2.24) is 0 Å². The molecule has 54 heavy (non-hydrogen) atoms. The highest BCUT2D eigenvalue weighted by Gasteiger charge is 2.85. The first-order chi connectivity index (χ1) is 26.8. The van der Waals surface area contributed by atoms with Gasteiger partial charge in [-0.1, -0.05) is 0 Å². The molecule has 19 aliphatic carbocycles. The molecule has 0 nitrogen and oxygen atoms in total. The maximum atomic E-state index is 1.75. The SMILES string of the molecule is C1C[C@@H]2C[C@@H]3CC[C@@H]4C[C@@H]5CC[C@@H]6C[C@@H]7CC[C@@H]8C[C@@H]9CC[C@@H]%10C[C@@H]%11CC[C@@H]%12C[C@H]1[C@H]1C%13C%14C%15C%16C%17C%18C%14C([C@H]%11[C@@H]%13%12)[C@@H]%10[C@@H]9C%18[C@@H]8[C@@H]7C%17[C@@H]6[C@@H]5C%16[C@@H]4[C@@H]3C%15[C@@H]21. The summed E-state index contributed by atoms with van der Waals surface area (Å²) in [5, 5.41) is 0. The van der Waals surface area contributed by atoms with Gasteiger partial charge < -0.3 is 0 Å². The summed E-state index contributed by atoms with van der Waals surface area (Å²) in [4.78, 5) is 0. The van der Waals surface area contributed by atoms with Gasteiger partial charge in [0.15, 0.2) is 0 Å². The van der Waals surface area contributed by atoms with Crippen LogP contribution in [0.1, 0.15) is 116 Å². The molecule has 0 aromatic rings. The maximum absolute atomic E-state index is 1.75. The van der Waals surface area contributed by atoms with Crippen molar-refractivity contribution in [3.63, 3.8) is 0 Å². The van der Waals surface area contributed by atoms with Gasteiger partial charge >= 0.3 is 0 Å². The molecule has 0 aromatic heterocycles. The minimum absolute atomic E-state index is 1.18. The summed E-state index contributed by atoms with van der Waals surface area (Å²) in [5.41, 5.74) is 0. The smallest absolute Gasteiger partial charge is 0.0312 e. The second-order valence-electron chi connectivity index (χ2n) is 27.9. The molecular formula is C54H72. The van der Waals surface area contributed by atoms with Crippen LogP contribution in [0.4, 0.5) is 0 Å². The van der Waals surface area contributed by atoms with Crippen LogP contribution in [0.15, 0.2) is 0 Å². The van der Waals surface area contributed by atoms with E-state index in [1.54, 1.807) is 116 Å². The molecule has 30 atom stereocenters.